The van der Waals surface area contributed by atoms with Crippen LogP contribution in [0.3, 0.4) is 0 Å². The SMILES string of the molecule is C=C(C)OCCCCCCCCCO. The van der Waals surface area contributed by atoms with Crippen molar-refractivity contribution >= 4 is 0 Å². The average Bonchev–Trinajstić information content (AvgIpc) is 2.15. The van der Waals surface area contributed by atoms with Gasteiger partial charge in [-0.3, -0.25) is 0 Å². The van der Waals surface area contributed by atoms with Crippen LogP contribution in [0, 0.1) is 0 Å². The van der Waals surface area contributed by atoms with Crippen molar-refractivity contribution in [2.45, 2.75) is 51.9 Å². The molecule has 1 N–H and O–H groups in total. The highest BCUT2D eigenvalue weighted by Gasteiger charge is 1.92. The van der Waals surface area contributed by atoms with Crippen LogP contribution < -0.4 is 0 Å². The van der Waals surface area contributed by atoms with Gasteiger partial charge in [0.05, 0.1) is 12.4 Å². The van der Waals surface area contributed by atoms with Gasteiger partial charge in [-0.15, -0.1) is 0 Å². The molecule has 0 aliphatic heterocycles. The summed E-state index contributed by atoms with van der Waals surface area (Å²) >= 11 is 0. The quantitative estimate of drug-likeness (QED) is 0.433. The molecule has 0 aromatic carbocycles. The highest BCUT2D eigenvalue weighted by atomic mass is 16.5. The number of rotatable bonds is 10. The number of ether oxygens (including phenoxy) is 1. The van der Waals surface area contributed by atoms with Crippen LogP contribution in [0.2, 0.25) is 0 Å². The van der Waals surface area contributed by atoms with E-state index in [2.05, 4.69) is 6.58 Å². The molecule has 0 radical (unpaired) electrons. The highest BCUT2D eigenvalue weighted by molar-refractivity contribution is 4.73. The van der Waals surface area contributed by atoms with E-state index in [0.29, 0.717) is 6.61 Å². The molecule has 0 atom stereocenters. The molecule has 0 bridgehead atoms. The zero-order valence-corrected chi connectivity index (χ0v) is 9.43. The number of unbranched alkanes of at least 4 members (excludes halogenated alkanes) is 6. The molecular weight excluding hydrogens is 176 g/mol. The summed E-state index contributed by atoms with van der Waals surface area (Å²) in [5.41, 5.74) is 0. The first-order chi connectivity index (χ1) is 6.77. The van der Waals surface area contributed by atoms with E-state index in [-0.39, 0.29) is 0 Å². The van der Waals surface area contributed by atoms with Crippen molar-refractivity contribution in [3.05, 3.63) is 12.3 Å². The Morgan fingerprint density at radius 3 is 2.00 bits per heavy atom. The van der Waals surface area contributed by atoms with Crippen LogP contribution in [-0.4, -0.2) is 18.3 Å². The summed E-state index contributed by atoms with van der Waals surface area (Å²) in [5, 5.41) is 8.57. The largest absolute Gasteiger partial charge is 0.499 e. The van der Waals surface area contributed by atoms with Gasteiger partial charge in [-0.05, 0) is 19.8 Å². The van der Waals surface area contributed by atoms with E-state index in [1.807, 2.05) is 6.92 Å². The van der Waals surface area contributed by atoms with Crippen LogP contribution in [0.1, 0.15) is 51.9 Å². The van der Waals surface area contributed by atoms with Crippen LogP contribution in [0.15, 0.2) is 12.3 Å². The van der Waals surface area contributed by atoms with Crippen molar-refractivity contribution < 1.29 is 9.84 Å². The van der Waals surface area contributed by atoms with Gasteiger partial charge in [0, 0.05) is 6.61 Å². The molecule has 0 amide bonds. The first-order valence-corrected chi connectivity index (χ1v) is 5.66. The molecule has 0 rings (SSSR count). The normalized spacial score (nSPS) is 10.1. The lowest BCUT2D eigenvalue weighted by Crippen LogP contribution is -1.91. The molecule has 2 nitrogen and oxygen atoms in total. The molecule has 0 spiro atoms. The first-order valence-electron chi connectivity index (χ1n) is 5.66. The topological polar surface area (TPSA) is 29.5 Å². The molecule has 0 saturated carbocycles. The van der Waals surface area contributed by atoms with Crippen LogP contribution >= 0.6 is 0 Å². The Bertz CT molecular complexity index is 132. The van der Waals surface area contributed by atoms with Gasteiger partial charge >= 0.3 is 0 Å². The summed E-state index contributed by atoms with van der Waals surface area (Å²) in [6.07, 6.45) is 8.32. The van der Waals surface area contributed by atoms with Gasteiger partial charge in [0.2, 0.25) is 0 Å². The third-order valence-corrected chi connectivity index (χ3v) is 2.15. The summed E-state index contributed by atoms with van der Waals surface area (Å²) in [7, 11) is 0. The fourth-order valence-electron chi connectivity index (χ4n) is 1.34. The minimum Gasteiger partial charge on any atom is -0.499 e. The molecule has 0 aliphatic rings. The fraction of sp³-hybridized carbons (Fsp3) is 0.833. The summed E-state index contributed by atoms with van der Waals surface area (Å²) in [6, 6.07) is 0. The van der Waals surface area contributed by atoms with E-state index < -0.39 is 0 Å². The zero-order chi connectivity index (χ0) is 10.6. The Balaban J connectivity index is 2.88. The van der Waals surface area contributed by atoms with Gasteiger partial charge in [-0.1, -0.05) is 38.7 Å². The number of hydrogen-bond acceptors (Lipinski definition) is 2. The minimum atomic E-state index is 0.340. The van der Waals surface area contributed by atoms with Gasteiger partial charge in [-0.2, -0.15) is 0 Å². The van der Waals surface area contributed by atoms with Crippen LogP contribution in [-0.2, 0) is 4.74 Å². The van der Waals surface area contributed by atoms with Gasteiger partial charge in [0.1, 0.15) is 0 Å². The van der Waals surface area contributed by atoms with E-state index in [1.165, 1.54) is 32.1 Å². The lowest BCUT2D eigenvalue weighted by atomic mass is 10.1. The van der Waals surface area contributed by atoms with Crippen molar-refractivity contribution in [1.29, 1.82) is 0 Å². The monoisotopic (exact) mass is 200 g/mol. The summed E-state index contributed by atoms with van der Waals surface area (Å²) in [4.78, 5) is 0. The molecule has 0 aromatic heterocycles. The molecule has 0 aliphatic carbocycles. The standard InChI is InChI=1S/C12H24O2/c1-12(2)14-11-9-7-5-3-4-6-8-10-13/h13H,1,3-11H2,2H3. The zero-order valence-electron chi connectivity index (χ0n) is 9.43. The van der Waals surface area contributed by atoms with Gasteiger partial charge in [0.25, 0.3) is 0 Å². The predicted octanol–water partition coefficient (Wildman–Crippen LogP) is 3.26. The second kappa shape index (κ2) is 10.6. The predicted molar refractivity (Wildman–Crippen MR) is 60.2 cm³/mol. The van der Waals surface area contributed by atoms with Crippen LogP contribution in [0.25, 0.3) is 0 Å². The molecule has 0 unspecified atom stereocenters. The van der Waals surface area contributed by atoms with Crippen LogP contribution in [0.5, 0.6) is 0 Å². The highest BCUT2D eigenvalue weighted by Crippen LogP contribution is 2.07. The van der Waals surface area contributed by atoms with E-state index in [0.717, 1.165) is 25.2 Å². The molecule has 0 heterocycles. The van der Waals surface area contributed by atoms with E-state index in [1.54, 1.807) is 0 Å². The van der Waals surface area contributed by atoms with E-state index in [9.17, 15) is 0 Å². The maximum absolute atomic E-state index is 8.57. The Hall–Kier alpha value is -0.500. The third-order valence-electron chi connectivity index (χ3n) is 2.15. The number of aliphatic hydroxyl groups excluding tert-OH is 1. The minimum absolute atomic E-state index is 0.340. The molecule has 2 heteroatoms. The molecular formula is C12H24O2. The number of allylic oxidation sites excluding steroid dienone is 1. The first kappa shape index (κ1) is 13.5. The lowest BCUT2D eigenvalue weighted by Gasteiger charge is -2.04. The summed E-state index contributed by atoms with van der Waals surface area (Å²) in [5.74, 6) is 0.813. The Labute approximate surface area is 88.0 Å². The van der Waals surface area contributed by atoms with Crippen molar-refractivity contribution in [1.82, 2.24) is 0 Å². The Kier molecular flexibility index (Phi) is 10.2. The second-order valence-corrected chi connectivity index (χ2v) is 3.75. The smallest absolute Gasteiger partial charge is 0.0876 e. The van der Waals surface area contributed by atoms with Crippen molar-refractivity contribution in [2.75, 3.05) is 13.2 Å². The molecule has 84 valence electrons. The number of aliphatic hydroxyl groups is 1. The van der Waals surface area contributed by atoms with E-state index >= 15 is 0 Å². The number of hydrogen-bond donors (Lipinski definition) is 1. The molecule has 0 saturated heterocycles. The van der Waals surface area contributed by atoms with Gasteiger partial charge in [-0.25, -0.2) is 0 Å². The maximum atomic E-state index is 8.57. The Morgan fingerprint density at radius 2 is 1.50 bits per heavy atom. The molecule has 0 aromatic rings. The summed E-state index contributed by atoms with van der Waals surface area (Å²) in [6.45, 7) is 6.71. The van der Waals surface area contributed by atoms with Crippen molar-refractivity contribution in [3.63, 3.8) is 0 Å². The lowest BCUT2D eigenvalue weighted by molar-refractivity contribution is 0.208. The maximum Gasteiger partial charge on any atom is 0.0876 e. The summed E-state index contributed by atoms with van der Waals surface area (Å²) < 4.78 is 5.26. The van der Waals surface area contributed by atoms with Gasteiger partial charge < -0.3 is 9.84 Å². The average molecular weight is 200 g/mol. The fourth-order valence-corrected chi connectivity index (χ4v) is 1.34. The van der Waals surface area contributed by atoms with Gasteiger partial charge in [0.15, 0.2) is 0 Å². The molecule has 0 fully saturated rings. The van der Waals surface area contributed by atoms with E-state index in [4.69, 9.17) is 9.84 Å². The molecule has 14 heavy (non-hydrogen) atoms. The van der Waals surface area contributed by atoms with Crippen molar-refractivity contribution in [3.8, 4) is 0 Å². The second-order valence-electron chi connectivity index (χ2n) is 3.75. The van der Waals surface area contributed by atoms with Crippen molar-refractivity contribution in [2.24, 2.45) is 0 Å². The third kappa shape index (κ3) is 11.5. The van der Waals surface area contributed by atoms with Crippen LogP contribution in [0.4, 0.5) is 0 Å². The Morgan fingerprint density at radius 1 is 1.00 bits per heavy atom.